The lowest BCUT2D eigenvalue weighted by Gasteiger charge is -2.12. The topological polar surface area (TPSA) is 38.0 Å². The van der Waals surface area contributed by atoms with E-state index in [1.165, 1.54) is 36.8 Å². The molecule has 0 aromatic heterocycles. The molecule has 1 saturated carbocycles. The van der Waals surface area contributed by atoms with Crippen LogP contribution in [0.15, 0.2) is 36.4 Å². The Bertz CT molecular complexity index is 632. The molecule has 0 saturated heterocycles. The van der Waals surface area contributed by atoms with Gasteiger partial charge in [0.2, 0.25) is 0 Å². The minimum absolute atomic E-state index is 0.460. The third kappa shape index (κ3) is 2.93. The maximum Gasteiger partial charge on any atom is 0.104 e. The van der Waals surface area contributed by atoms with Crippen molar-refractivity contribution in [2.24, 2.45) is 11.7 Å². The molecule has 104 valence electrons. The van der Waals surface area contributed by atoms with Crippen LogP contribution >= 0.6 is 12.2 Å². The molecule has 20 heavy (non-hydrogen) atoms. The van der Waals surface area contributed by atoms with Crippen LogP contribution in [0.3, 0.4) is 0 Å². The van der Waals surface area contributed by atoms with Crippen LogP contribution in [0.25, 0.3) is 10.8 Å². The molecule has 0 unspecified atom stereocenters. The van der Waals surface area contributed by atoms with Crippen LogP contribution < -0.4 is 11.1 Å². The van der Waals surface area contributed by atoms with Crippen molar-refractivity contribution in [3.8, 4) is 0 Å². The molecule has 3 heteroatoms. The second-order valence-corrected chi connectivity index (χ2v) is 6.02. The highest BCUT2D eigenvalue weighted by Gasteiger charge is 2.19. The summed E-state index contributed by atoms with van der Waals surface area (Å²) in [6, 6.07) is 12.4. The SMILES string of the molecule is NC(=S)c1ccc(NCCCC2CC2)c2ccccc12. The third-order valence-electron chi connectivity index (χ3n) is 3.99. The maximum atomic E-state index is 5.80. The van der Waals surface area contributed by atoms with Gasteiger partial charge in [0.05, 0.1) is 0 Å². The fraction of sp³-hybridized carbons (Fsp3) is 0.353. The Hall–Kier alpha value is -1.61. The predicted octanol–water partition coefficient (Wildman–Crippen LogP) is 4.08. The first-order valence-corrected chi connectivity index (χ1v) is 7.72. The molecule has 1 aliphatic rings. The van der Waals surface area contributed by atoms with Gasteiger partial charge >= 0.3 is 0 Å². The van der Waals surface area contributed by atoms with Crippen molar-refractivity contribution in [1.29, 1.82) is 0 Å². The van der Waals surface area contributed by atoms with Crippen LogP contribution in [0, 0.1) is 5.92 Å². The Morgan fingerprint density at radius 2 is 1.90 bits per heavy atom. The lowest BCUT2D eigenvalue weighted by molar-refractivity contribution is 0.687. The first kappa shape index (κ1) is 13.4. The molecule has 1 fully saturated rings. The predicted molar refractivity (Wildman–Crippen MR) is 90.3 cm³/mol. The van der Waals surface area contributed by atoms with Crippen LogP contribution in [-0.4, -0.2) is 11.5 Å². The second kappa shape index (κ2) is 5.80. The molecular weight excluding hydrogens is 264 g/mol. The van der Waals surface area contributed by atoms with Crippen LogP contribution in [0.4, 0.5) is 5.69 Å². The van der Waals surface area contributed by atoms with E-state index in [1.807, 2.05) is 12.1 Å². The van der Waals surface area contributed by atoms with Crippen LogP contribution in [0.1, 0.15) is 31.2 Å². The van der Waals surface area contributed by atoms with E-state index in [9.17, 15) is 0 Å². The number of hydrogen-bond donors (Lipinski definition) is 2. The Kier molecular flexibility index (Phi) is 3.88. The van der Waals surface area contributed by atoms with Crippen molar-refractivity contribution in [3.05, 3.63) is 42.0 Å². The van der Waals surface area contributed by atoms with E-state index >= 15 is 0 Å². The van der Waals surface area contributed by atoms with Gasteiger partial charge in [-0.1, -0.05) is 49.3 Å². The molecule has 2 aromatic carbocycles. The van der Waals surface area contributed by atoms with Crippen molar-refractivity contribution in [3.63, 3.8) is 0 Å². The summed E-state index contributed by atoms with van der Waals surface area (Å²) in [5.74, 6) is 1.01. The van der Waals surface area contributed by atoms with Crippen molar-refractivity contribution in [1.82, 2.24) is 0 Å². The van der Waals surface area contributed by atoms with Gasteiger partial charge in [-0.25, -0.2) is 0 Å². The zero-order valence-corrected chi connectivity index (χ0v) is 12.4. The lowest BCUT2D eigenvalue weighted by Crippen LogP contribution is -2.10. The number of fused-ring (bicyclic) bond motifs is 1. The van der Waals surface area contributed by atoms with Gasteiger partial charge in [-0.05, 0) is 36.3 Å². The average molecular weight is 284 g/mol. The number of benzene rings is 2. The van der Waals surface area contributed by atoms with Crippen molar-refractivity contribution in [2.75, 3.05) is 11.9 Å². The molecular formula is C17H20N2S. The molecule has 2 aromatic rings. The minimum atomic E-state index is 0.460. The van der Waals surface area contributed by atoms with E-state index in [2.05, 4.69) is 29.6 Å². The van der Waals surface area contributed by atoms with Crippen molar-refractivity contribution >= 4 is 33.7 Å². The van der Waals surface area contributed by atoms with Crippen LogP contribution in [-0.2, 0) is 0 Å². The Morgan fingerprint density at radius 3 is 2.60 bits per heavy atom. The summed E-state index contributed by atoms with van der Waals surface area (Å²) >= 11 is 5.13. The van der Waals surface area contributed by atoms with E-state index in [0.29, 0.717) is 4.99 Å². The smallest absolute Gasteiger partial charge is 0.104 e. The molecule has 0 spiro atoms. The summed E-state index contributed by atoms with van der Waals surface area (Å²) in [4.78, 5) is 0.460. The van der Waals surface area contributed by atoms with Gasteiger partial charge in [0.15, 0.2) is 0 Å². The monoisotopic (exact) mass is 284 g/mol. The fourth-order valence-electron chi connectivity index (χ4n) is 2.69. The first-order valence-electron chi connectivity index (χ1n) is 7.31. The van der Waals surface area contributed by atoms with Gasteiger partial charge in [0, 0.05) is 23.2 Å². The number of nitrogens with one attached hydrogen (secondary N) is 1. The summed E-state index contributed by atoms with van der Waals surface area (Å²) in [5, 5.41) is 5.88. The minimum Gasteiger partial charge on any atom is -0.389 e. The van der Waals surface area contributed by atoms with Crippen LogP contribution in [0.2, 0.25) is 0 Å². The zero-order chi connectivity index (χ0) is 13.9. The van der Waals surface area contributed by atoms with Gasteiger partial charge in [0.1, 0.15) is 4.99 Å². The molecule has 0 atom stereocenters. The Balaban J connectivity index is 1.79. The van der Waals surface area contributed by atoms with E-state index in [4.69, 9.17) is 18.0 Å². The molecule has 2 nitrogen and oxygen atoms in total. The summed E-state index contributed by atoms with van der Waals surface area (Å²) < 4.78 is 0. The number of anilines is 1. The summed E-state index contributed by atoms with van der Waals surface area (Å²) in [6.45, 7) is 1.03. The number of thiocarbonyl (C=S) groups is 1. The average Bonchev–Trinajstić information content (AvgIpc) is 3.27. The second-order valence-electron chi connectivity index (χ2n) is 5.58. The van der Waals surface area contributed by atoms with E-state index in [0.717, 1.165) is 23.4 Å². The molecule has 0 amide bonds. The number of rotatable bonds is 6. The van der Waals surface area contributed by atoms with E-state index in [-0.39, 0.29) is 0 Å². The molecule has 3 N–H and O–H groups in total. The maximum absolute atomic E-state index is 5.80. The third-order valence-corrected chi connectivity index (χ3v) is 4.21. The largest absolute Gasteiger partial charge is 0.389 e. The fourth-order valence-corrected chi connectivity index (χ4v) is 2.87. The summed E-state index contributed by atoms with van der Waals surface area (Å²) in [6.07, 6.45) is 5.48. The zero-order valence-electron chi connectivity index (χ0n) is 11.6. The molecule has 0 bridgehead atoms. The molecule has 3 rings (SSSR count). The highest BCUT2D eigenvalue weighted by Crippen LogP contribution is 2.33. The van der Waals surface area contributed by atoms with Gasteiger partial charge in [-0.3, -0.25) is 0 Å². The standard InChI is InChI=1S/C17H20N2S/c18-17(20)15-9-10-16(14-6-2-1-5-13(14)15)19-11-3-4-12-7-8-12/h1-2,5-6,9-10,12,19H,3-4,7-8,11H2,(H2,18,20). The Morgan fingerprint density at radius 1 is 1.15 bits per heavy atom. The lowest BCUT2D eigenvalue weighted by atomic mass is 10.0. The molecule has 0 aliphatic heterocycles. The van der Waals surface area contributed by atoms with E-state index in [1.54, 1.807) is 0 Å². The first-order chi connectivity index (χ1) is 9.75. The molecule has 0 heterocycles. The van der Waals surface area contributed by atoms with Crippen molar-refractivity contribution < 1.29 is 0 Å². The highest BCUT2D eigenvalue weighted by atomic mass is 32.1. The molecule has 0 radical (unpaired) electrons. The number of hydrogen-bond acceptors (Lipinski definition) is 2. The normalized spacial score (nSPS) is 14.4. The summed E-state index contributed by atoms with van der Waals surface area (Å²) in [7, 11) is 0. The molecule has 1 aliphatic carbocycles. The highest BCUT2D eigenvalue weighted by molar-refractivity contribution is 7.80. The van der Waals surface area contributed by atoms with Crippen molar-refractivity contribution in [2.45, 2.75) is 25.7 Å². The van der Waals surface area contributed by atoms with E-state index < -0.39 is 0 Å². The van der Waals surface area contributed by atoms with Gasteiger partial charge < -0.3 is 11.1 Å². The van der Waals surface area contributed by atoms with Gasteiger partial charge in [-0.2, -0.15) is 0 Å². The Labute approximate surface area is 125 Å². The van der Waals surface area contributed by atoms with Gasteiger partial charge in [-0.15, -0.1) is 0 Å². The summed E-state index contributed by atoms with van der Waals surface area (Å²) in [5.41, 5.74) is 7.94. The quantitative estimate of drug-likeness (QED) is 0.620. The van der Waals surface area contributed by atoms with Crippen LogP contribution in [0.5, 0.6) is 0 Å². The number of nitrogens with two attached hydrogens (primary N) is 1. The van der Waals surface area contributed by atoms with Gasteiger partial charge in [0.25, 0.3) is 0 Å².